The summed E-state index contributed by atoms with van der Waals surface area (Å²) in [5.74, 6) is -0.359. The lowest BCUT2D eigenvalue weighted by atomic mass is 10.4. The standard InChI is InChI=1S/C5H6N2O2.C2H6/c1-2-3-4(8)7-5(9)6-3;1-2/h2H,1H3,(H2,6,7,8,9);1-2H3/b3-2-;. The lowest BCUT2D eigenvalue weighted by Gasteiger charge is -1.85. The van der Waals surface area contributed by atoms with E-state index < -0.39 is 6.03 Å². The third-order valence-corrected chi connectivity index (χ3v) is 1.01. The second kappa shape index (κ2) is 4.49. The predicted molar refractivity (Wildman–Crippen MR) is 41.8 cm³/mol. The summed E-state index contributed by atoms with van der Waals surface area (Å²) in [6, 6.07) is -0.451. The Morgan fingerprint density at radius 2 is 1.73 bits per heavy atom. The van der Waals surface area contributed by atoms with Gasteiger partial charge in [-0.05, 0) is 6.92 Å². The van der Waals surface area contributed by atoms with Crippen molar-refractivity contribution in [2.45, 2.75) is 20.8 Å². The fraction of sp³-hybridized carbons (Fsp3) is 0.429. The lowest BCUT2D eigenvalue weighted by Crippen LogP contribution is -2.22. The number of hydrogen-bond donors (Lipinski definition) is 2. The quantitative estimate of drug-likeness (QED) is 0.401. The van der Waals surface area contributed by atoms with Gasteiger partial charge in [0.05, 0.1) is 0 Å². The molecule has 62 valence electrons. The summed E-state index contributed by atoms with van der Waals surface area (Å²) in [5, 5.41) is 4.38. The highest BCUT2D eigenvalue weighted by Crippen LogP contribution is 1.94. The van der Waals surface area contributed by atoms with Gasteiger partial charge in [-0.3, -0.25) is 10.1 Å². The van der Waals surface area contributed by atoms with Gasteiger partial charge in [0.15, 0.2) is 0 Å². The van der Waals surface area contributed by atoms with Gasteiger partial charge in [-0.1, -0.05) is 19.9 Å². The van der Waals surface area contributed by atoms with E-state index in [9.17, 15) is 9.59 Å². The maximum absolute atomic E-state index is 10.6. The first-order valence-corrected chi connectivity index (χ1v) is 3.52. The van der Waals surface area contributed by atoms with Crippen LogP contribution in [0.4, 0.5) is 4.79 Å². The average Bonchev–Trinajstić information content (AvgIpc) is 2.33. The molecule has 0 atom stereocenters. The van der Waals surface area contributed by atoms with Crippen molar-refractivity contribution >= 4 is 11.9 Å². The second-order valence-electron chi connectivity index (χ2n) is 1.61. The minimum atomic E-state index is -0.451. The van der Waals surface area contributed by atoms with Crippen LogP contribution in [0.5, 0.6) is 0 Å². The molecule has 0 aromatic heterocycles. The van der Waals surface area contributed by atoms with Crippen LogP contribution in [0.2, 0.25) is 0 Å². The topological polar surface area (TPSA) is 58.2 Å². The SMILES string of the molecule is C/C=C1\NC(=O)NC1=O.CC. The van der Waals surface area contributed by atoms with Crippen molar-refractivity contribution in [1.82, 2.24) is 10.6 Å². The molecule has 1 heterocycles. The Morgan fingerprint density at radius 3 is 1.91 bits per heavy atom. The third kappa shape index (κ3) is 2.41. The maximum Gasteiger partial charge on any atom is 0.326 e. The zero-order valence-corrected chi connectivity index (χ0v) is 6.89. The minimum absolute atomic E-state index is 0.319. The molecule has 0 bridgehead atoms. The minimum Gasteiger partial charge on any atom is -0.303 e. The van der Waals surface area contributed by atoms with Crippen LogP contribution in [-0.2, 0) is 4.79 Å². The number of nitrogens with one attached hydrogen (secondary N) is 2. The Labute approximate surface area is 65.7 Å². The fourth-order valence-corrected chi connectivity index (χ4v) is 0.584. The van der Waals surface area contributed by atoms with E-state index >= 15 is 0 Å². The van der Waals surface area contributed by atoms with Crippen LogP contribution in [0.25, 0.3) is 0 Å². The first-order chi connectivity index (χ1) is 5.24. The van der Waals surface area contributed by atoms with Crippen molar-refractivity contribution in [2.24, 2.45) is 0 Å². The van der Waals surface area contributed by atoms with Gasteiger partial charge in [-0.15, -0.1) is 0 Å². The average molecular weight is 156 g/mol. The van der Waals surface area contributed by atoms with Gasteiger partial charge in [0.1, 0.15) is 5.70 Å². The lowest BCUT2D eigenvalue weighted by molar-refractivity contribution is -0.115. The normalized spacial score (nSPS) is 18.6. The zero-order chi connectivity index (χ0) is 8.85. The molecule has 0 aromatic carbocycles. The Balaban J connectivity index is 0.000000461. The van der Waals surface area contributed by atoms with Gasteiger partial charge in [0.25, 0.3) is 5.91 Å². The zero-order valence-electron chi connectivity index (χ0n) is 6.89. The van der Waals surface area contributed by atoms with Crippen LogP contribution in [0, 0.1) is 0 Å². The largest absolute Gasteiger partial charge is 0.326 e. The predicted octanol–water partition coefficient (Wildman–Crippen LogP) is 0.756. The molecule has 0 spiro atoms. The number of carbonyl (C=O) groups excluding carboxylic acids is 2. The van der Waals surface area contributed by atoms with E-state index in [1.54, 1.807) is 13.0 Å². The Hall–Kier alpha value is -1.32. The number of hydrogen-bond acceptors (Lipinski definition) is 2. The molecule has 4 heteroatoms. The molecule has 1 rings (SSSR count). The first-order valence-electron chi connectivity index (χ1n) is 3.52. The summed E-state index contributed by atoms with van der Waals surface area (Å²) in [6.45, 7) is 5.68. The van der Waals surface area contributed by atoms with E-state index in [1.165, 1.54) is 0 Å². The van der Waals surface area contributed by atoms with Gasteiger partial charge in [-0.25, -0.2) is 4.79 Å². The molecule has 0 aromatic rings. The van der Waals surface area contributed by atoms with E-state index in [-0.39, 0.29) is 5.91 Å². The molecule has 4 nitrogen and oxygen atoms in total. The first kappa shape index (κ1) is 9.68. The van der Waals surface area contributed by atoms with Crippen molar-refractivity contribution in [3.05, 3.63) is 11.8 Å². The molecular formula is C7H12N2O2. The number of urea groups is 1. The van der Waals surface area contributed by atoms with E-state index in [0.29, 0.717) is 5.70 Å². The van der Waals surface area contributed by atoms with Crippen LogP contribution in [-0.4, -0.2) is 11.9 Å². The summed E-state index contributed by atoms with van der Waals surface area (Å²) < 4.78 is 0. The summed E-state index contributed by atoms with van der Waals surface area (Å²) in [7, 11) is 0. The number of imide groups is 1. The summed E-state index contributed by atoms with van der Waals surface area (Å²) in [6.07, 6.45) is 1.54. The molecule has 11 heavy (non-hydrogen) atoms. The van der Waals surface area contributed by atoms with E-state index in [1.807, 2.05) is 13.8 Å². The molecule has 1 fully saturated rings. The van der Waals surface area contributed by atoms with E-state index in [4.69, 9.17) is 0 Å². The molecule has 1 aliphatic heterocycles. The van der Waals surface area contributed by atoms with E-state index in [0.717, 1.165) is 0 Å². The van der Waals surface area contributed by atoms with Crippen LogP contribution >= 0.6 is 0 Å². The molecule has 3 amide bonds. The summed E-state index contributed by atoms with van der Waals surface area (Å²) >= 11 is 0. The number of amides is 3. The third-order valence-electron chi connectivity index (χ3n) is 1.01. The van der Waals surface area contributed by atoms with Gasteiger partial charge in [-0.2, -0.15) is 0 Å². The van der Waals surface area contributed by atoms with Gasteiger partial charge in [0, 0.05) is 0 Å². The van der Waals surface area contributed by atoms with Crippen LogP contribution < -0.4 is 10.6 Å². The highest BCUT2D eigenvalue weighted by atomic mass is 16.2. The molecule has 1 saturated heterocycles. The summed E-state index contributed by atoms with van der Waals surface area (Å²) in [4.78, 5) is 20.9. The molecule has 1 aliphatic rings. The van der Waals surface area contributed by atoms with Gasteiger partial charge in [0.2, 0.25) is 0 Å². The van der Waals surface area contributed by atoms with Crippen LogP contribution in [0.3, 0.4) is 0 Å². The van der Waals surface area contributed by atoms with Crippen LogP contribution in [0.1, 0.15) is 20.8 Å². The van der Waals surface area contributed by atoms with E-state index in [2.05, 4.69) is 10.6 Å². The second-order valence-corrected chi connectivity index (χ2v) is 1.61. The van der Waals surface area contributed by atoms with Crippen molar-refractivity contribution in [1.29, 1.82) is 0 Å². The molecule has 0 unspecified atom stereocenters. The maximum atomic E-state index is 10.6. The van der Waals surface area contributed by atoms with Gasteiger partial charge >= 0.3 is 6.03 Å². The molecule has 2 N–H and O–H groups in total. The monoisotopic (exact) mass is 156 g/mol. The number of carbonyl (C=O) groups is 2. The van der Waals surface area contributed by atoms with Crippen molar-refractivity contribution in [3.8, 4) is 0 Å². The molecular weight excluding hydrogens is 144 g/mol. The highest BCUT2D eigenvalue weighted by molar-refractivity contribution is 6.11. The van der Waals surface area contributed by atoms with Crippen molar-refractivity contribution in [2.75, 3.05) is 0 Å². The molecule has 0 saturated carbocycles. The Morgan fingerprint density at radius 1 is 1.18 bits per heavy atom. The van der Waals surface area contributed by atoms with Gasteiger partial charge < -0.3 is 5.32 Å². The number of allylic oxidation sites excluding steroid dienone is 1. The Kier molecular flexibility index (Phi) is 3.95. The highest BCUT2D eigenvalue weighted by Gasteiger charge is 2.21. The smallest absolute Gasteiger partial charge is 0.303 e. The molecule has 0 radical (unpaired) electrons. The summed E-state index contributed by atoms with van der Waals surface area (Å²) in [5.41, 5.74) is 0.319. The number of rotatable bonds is 0. The van der Waals surface area contributed by atoms with Crippen LogP contribution in [0.15, 0.2) is 11.8 Å². The van der Waals surface area contributed by atoms with Crippen molar-refractivity contribution in [3.63, 3.8) is 0 Å². The fourth-order valence-electron chi connectivity index (χ4n) is 0.584. The molecule has 0 aliphatic carbocycles. The Bertz CT molecular complexity index is 197. The van der Waals surface area contributed by atoms with Crippen molar-refractivity contribution < 1.29 is 9.59 Å².